The Kier molecular flexibility index (Phi) is 3.05. The number of hydrogen-bond acceptors (Lipinski definition) is 3. The lowest BCUT2D eigenvalue weighted by molar-refractivity contribution is -0.181. The molecule has 0 aromatic carbocycles. The lowest BCUT2D eigenvalue weighted by atomic mass is 10.0. The molecule has 1 aromatic heterocycles. The van der Waals surface area contributed by atoms with E-state index in [0.29, 0.717) is 19.4 Å². The number of aromatic nitrogens is 1. The zero-order valence-corrected chi connectivity index (χ0v) is 9.10. The number of aromatic amines is 1. The first kappa shape index (κ1) is 10.9. The van der Waals surface area contributed by atoms with Crippen LogP contribution in [0.15, 0.2) is 18.3 Å². The fourth-order valence-corrected chi connectivity index (χ4v) is 1.70. The number of nitrogens with one attached hydrogen (secondary N) is 1. The van der Waals surface area contributed by atoms with Crippen molar-refractivity contribution in [3.8, 4) is 0 Å². The molecule has 16 heavy (non-hydrogen) atoms. The van der Waals surface area contributed by atoms with E-state index in [1.807, 2.05) is 18.3 Å². The van der Waals surface area contributed by atoms with E-state index in [1.54, 1.807) is 6.92 Å². The fraction of sp³-hybridized carbons (Fsp3) is 0.455. The number of carbonyl (C=O) groups is 2. The Bertz CT molecular complexity index is 386. The number of rotatable bonds is 3. The van der Waals surface area contributed by atoms with Crippen molar-refractivity contribution in [2.75, 3.05) is 6.61 Å². The zero-order valence-electron chi connectivity index (χ0n) is 9.10. The minimum absolute atomic E-state index is 0.247. The van der Waals surface area contributed by atoms with Crippen molar-refractivity contribution in [1.82, 2.24) is 10.0 Å². The van der Waals surface area contributed by atoms with Gasteiger partial charge in [-0.1, -0.05) is 6.92 Å². The first-order valence-electron chi connectivity index (χ1n) is 5.30. The van der Waals surface area contributed by atoms with E-state index in [-0.39, 0.29) is 17.7 Å². The van der Waals surface area contributed by atoms with E-state index < -0.39 is 0 Å². The van der Waals surface area contributed by atoms with Crippen molar-refractivity contribution >= 4 is 11.8 Å². The first-order valence-corrected chi connectivity index (χ1v) is 5.30. The molecule has 0 aliphatic carbocycles. The summed E-state index contributed by atoms with van der Waals surface area (Å²) < 4.78 is 0. The van der Waals surface area contributed by atoms with Gasteiger partial charge in [-0.2, -0.15) is 5.06 Å². The smallest absolute Gasteiger partial charge is 0.256 e. The Morgan fingerprint density at radius 3 is 3.06 bits per heavy atom. The number of H-pyrrole nitrogens is 1. The topological polar surface area (TPSA) is 62.4 Å². The van der Waals surface area contributed by atoms with Crippen LogP contribution in [0.1, 0.15) is 19.0 Å². The third-order valence-electron chi connectivity index (χ3n) is 2.57. The van der Waals surface area contributed by atoms with E-state index in [2.05, 4.69) is 4.98 Å². The van der Waals surface area contributed by atoms with E-state index in [1.165, 1.54) is 0 Å². The van der Waals surface area contributed by atoms with Gasteiger partial charge in [-0.05, 0) is 18.6 Å². The highest BCUT2D eigenvalue weighted by Gasteiger charge is 2.31. The van der Waals surface area contributed by atoms with Crippen LogP contribution in [-0.2, 0) is 20.8 Å². The van der Waals surface area contributed by atoms with Crippen molar-refractivity contribution in [2.24, 2.45) is 5.92 Å². The van der Waals surface area contributed by atoms with Crippen LogP contribution in [0.2, 0.25) is 0 Å². The maximum Gasteiger partial charge on any atom is 0.256 e. The van der Waals surface area contributed by atoms with Crippen LogP contribution in [0.3, 0.4) is 0 Å². The summed E-state index contributed by atoms with van der Waals surface area (Å²) in [5.74, 6) is -0.777. The third-order valence-corrected chi connectivity index (χ3v) is 2.57. The van der Waals surface area contributed by atoms with Crippen molar-refractivity contribution in [3.05, 3.63) is 24.0 Å². The molecule has 0 spiro atoms. The molecule has 1 aliphatic rings. The molecule has 0 unspecified atom stereocenters. The van der Waals surface area contributed by atoms with Gasteiger partial charge in [-0.15, -0.1) is 0 Å². The van der Waals surface area contributed by atoms with Gasteiger partial charge in [0.25, 0.3) is 11.8 Å². The Hall–Kier alpha value is -1.62. The highest BCUT2D eigenvalue weighted by molar-refractivity contribution is 5.95. The van der Waals surface area contributed by atoms with E-state index in [4.69, 9.17) is 4.84 Å². The quantitative estimate of drug-likeness (QED) is 0.825. The van der Waals surface area contributed by atoms with Crippen LogP contribution < -0.4 is 0 Å². The van der Waals surface area contributed by atoms with Gasteiger partial charge >= 0.3 is 0 Å². The number of amides is 2. The maximum absolute atomic E-state index is 11.8. The highest BCUT2D eigenvalue weighted by Crippen LogP contribution is 2.14. The molecule has 0 radical (unpaired) electrons. The van der Waals surface area contributed by atoms with Gasteiger partial charge in [-0.25, -0.2) is 0 Å². The number of imide groups is 1. The standard InChI is InChI=1S/C11H14N2O3/c1-8(7-9-3-2-5-12-9)11(15)13-10(14)4-6-16-13/h2-3,5,8,12H,4,6-7H2,1H3/t8-/m1/s1. The summed E-state index contributed by atoms with van der Waals surface area (Å²) in [6.07, 6.45) is 2.68. The van der Waals surface area contributed by atoms with Crippen molar-refractivity contribution in [1.29, 1.82) is 0 Å². The van der Waals surface area contributed by atoms with Crippen LogP contribution in [-0.4, -0.2) is 28.5 Å². The molecule has 1 saturated heterocycles. The molecular weight excluding hydrogens is 208 g/mol. The zero-order chi connectivity index (χ0) is 11.5. The molecule has 0 saturated carbocycles. The summed E-state index contributed by atoms with van der Waals surface area (Å²) in [6, 6.07) is 3.79. The summed E-state index contributed by atoms with van der Waals surface area (Å²) in [6.45, 7) is 2.10. The SMILES string of the molecule is C[C@H](Cc1ccc[nH]1)C(=O)N1OCCC1=O. The van der Waals surface area contributed by atoms with Crippen LogP contribution in [0.4, 0.5) is 0 Å². The minimum atomic E-state index is -0.267. The van der Waals surface area contributed by atoms with Crippen LogP contribution in [0.25, 0.3) is 0 Å². The Morgan fingerprint density at radius 1 is 1.69 bits per heavy atom. The summed E-state index contributed by atoms with van der Waals surface area (Å²) in [5.41, 5.74) is 0.979. The summed E-state index contributed by atoms with van der Waals surface area (Å²) in [5, 5.41) is 0.896. The molecule has 1 N–H and O–H groups in total. The highest BCUT2D eigenvalue weighted by atomic mass is 16.7. The second kappa shape index (κ2) is 4.49. The number of hydroxylamine groups is 2. The molecule has 1 fully saturated rings. The van der Waals surface area contributed by atoms with Gasteiger partial charge in [0.05, 0.1) is 13.0 Å². The number of nitrogens with zero attached hydrogens (tertiary/aromatic N) is 1. The summed E-state index contributed by atoms with van der Waals surface area (Å²) in [7, 11) is 0. The summed E-state index contributed by atoms with van der Waals surface area (Å²) >= 11 is 0. The average molecular weight is 222 g/mol. The normalized spacial score (nSPS) is 17.8. The van der Waals surface area contributed by atoms with Crippen LogP contribution in [0, 0.1) is 5.92 Å². The molecule has 1 aromatic rings. The molecule has 1 atom stereocenters. The number of hydrogen-bond donors (Lipinski definition) is 1. The molecular formula is C11H14N2O3. The molecule has 5 nitrogen and oxygen atoms in total. The van der Waals surface area contributed by atoms with Crippen LogP contribution >= 0.6 is 0 Å². The van der Waals surface area contributed by atoms with Crippen LogP contribution in [0.5, 0.6) is 0 Å². The Labute approximate surface area is 93.3 Å². The molecule has 2 rings (SSSR count). The van der Waals surface area contributed by atoms with Gasteiger partial charge in [0.1, 0.15) is 0 Å². The maximum atomic E-state index is 11.8. The molecule has 1 aliphatic heterocycles. The monoisotopic (exact) mass is 222 g/mol. The molecule has 2 heterocycles. The van der Waals surface area contributed by atoms with Crippen molar-refractivity contribution in [3.63, 3.8) is 0 Å². The molecule has 0 bridgehead atoms. The largest absolute Gasteiger partial charge is 0.365 e. The van der Waals surface area contributed by atoms with Gasteiger partial charge in [0.15, 0.2) is 0 Å². The predicted molar refractivity (Wildman–Crippen MR) is 56.1 cm³/mol. The lowest BCUT2D eigenvalue weighted by Gasteiger charge is -2.16. The Morgan fingerprint density at radius 2 is 2.50 bits per heavy atom. The number of carbonyl (C=O) groups excluding carboxylic acids is 2. The van der Waals surface area contributed by atoms with E-state index in [9.17, 15) is 9.59 Å². The lowest BCUT2D eigenvalue weighted by Crippen LogP contribution is -2.35. The van der Waals surface area contributed by atoms with Gasteiger partial charge in [0, 0.05) is 17.8 Å². The molecule has 5 heteroatoms. The van der Waals surface area contributed by atoms with Crippen molar-refractivity contribution < 1.29 is 14.4 Å². The third kappa shape index (κ3) is 2.14. The van der Waals surface area contributed by atoms with E-state index >= 15 is 0 Å². The predicted octanol–water partition coefficient (Wildman–Crippen LogP) is 0.884. The minimum Gasteiger partial charge on any atom is -0.365 e. The van der Waals surface area contributed by atoms with Gasteiger partial charge in [0.2, 0.25) is 0 Å². The summed E-state index contributed by atoms with van der Waals surface area (Å²) in [4.78, 5) is 31.2. The molecule has 2 amide bonds. The second-order valence-electron chi connectivity index (χ2n) is 3.91. The van der Waals surface area contributed by atoms with Gasteiger partial charge < -0.3 is 4.98 Å². The average Bonchev–Trinajstić information content (AvgIpc) is 2.88. The molecule has 86 valence electrons. The Balaban J connectivity index is 1.96. The second-order valence-corrected chi connectivity index (χ2v) is 3.91. The van der Waals surface area contributed by atoms with Gasteiger partial charge in [-0.3, -0.25) is 14.4 Å². The van der Waals surface area contributed by atoms with Crippen molar-refractivity contribution in [2.45, 2.75) is 19.8 Å². The van der Waals surface area contributed by atoms with E-state index in [0.717, 1.165) is 10.8 Å². The first-order chi connectivity index (χ1) is 7.68. The fourth-order valence-electron chi connectivity index (χ4n) is 1.70.